The summed E-state index contributed by atoms with van der Waals surface area (Å²) in [6.45, 7) is 2.45. The third-order valence-corrected chi connectivity index (χ3v) is 5.58. The maximum absolute atomic E-state index is 13.3. The molecule has 10 heteroatoms. The standard InChI is InChI=1S/C20H17ClFN5O2S/c1-2-8-26-18(29)15-9-12(21)6-7-16(15)27-19(26)24-25-20(27)30-11-17(28)23-14-5-3-4-13(22)10-14/h3-7,9-10H,2,8,11H2,1H3,(H,23,28). The second-order valence-electron chi connectivity index (χ2n) is 6.58. The minimum absolute atomic E-state index is 0.0410. The topological polar surface area (TPSA) is 81.3 Å². The third kappa shape index (κ3) is 3.90. The lowest BCUT2D eigenvalue weighted by molar-refractivity contribution is -0.113. The Morgan fingerprint density at radius 2 is 2.07 bits per heavy atom. The maximum atomic E-state index is 13.3. The van der Waals surface area contributed by atoms with Crippen LogP contribution in [0.3, 0.4) is 0 Å². The molecule has 0 fully saturated rings. The van der Waals surface area contributed by atoms with Crippen molar-refractivity contribution in [2.45, 2.75) is 25.0 Å². The van der Waals surface area contributed by atoms with Gasteiger partial charge in [0.15, 0.2) is 5.16 Å². The Morgan fingerprint density at radius 3 is 2.83 bits per heavy atom. The zero-order chi connectivity index (χ0) is 21.3. The summed E-state index contributed by atoms with van der Waals surface area (Å²) < 4.78 is 16.6. The number of nitrogens with zero attached hydrogens (tertiary/aromatic N) is 4. The van der Waals surface area contributed by atoms with E-state index in [0.717, 1.165) is 6.42 Å². The molecule has 0 saturated heterocycles. The summed E-state index contributed by atoms with van der Waals surface area (Å²) >= 11 is 7.28. The highest BCUT2D eigenvalue weighted by Crippen LogP contribution is 2.24. The molecule has 2 aromatic carbocycles. The summed E-state index contributed by atoms with van der Waals surface area (Å²) in [5.41, 5.74) is 0.808. The van der Waals surface area contributed by atoms with Gasteiger partial charge in [0.2, 0.25) is 11.7 Å². The van der Waals surface area contributed by atoms with Crippen molar-refractivity contribution in [3.63, 3.8) is 0 Å². The molecule has 1 N–H and O–H groups in total. The van der Waals surface area contributed by atoms with Crippen LogP contribution in [-0.2, 0) is 11.3 Å². The fraction of sp³-hybridized carbons (Fsp3) is 0.200. The summed E-state index contributed by atoms with van der Waals surface area (Å²) in [5.74, 6) is -0.288. The SMILES string of the molecule is CCCn1c(=O)c2cc(Cl)ccc2n2c(SCC(=O)Nc3cccc(F)c3)nnc12. The first-order valence-corrected chi connectivity index (χ1v) is 10.6. The number of thioether (sulfide) groups is 1. The van der Waals surface area contributed by atoms with Crippen LogP contribution in [0.5, 0.6) is 0 Å². The van der Waals surface area contributed by atoms with Crippen molar-refractivity contribution in [1.29, 1.82) is 0 Å². The van der Waals surface area contributed by atoms with Crippen molar-refractivity contribution >= 4 is 51.6 Å². The van der Waals surface area contributed by atoms with Crippen LogP contribution in [0.4, 0.5) is 10.1 Å². The summed E-state index contributed by atoms with van der Waals surface area (Å²) in [6, 6.07) is 10.7. The van der Waals surface area contributed by atoms with Crippen LogP contribution in [0, 0.1) is 5.82 Å². The van der Waals surface area contributed by atoms with E-state index in [4.69, 9.17) is 11.6 Å². The van der Waals surface area contributed by atoms with Gasteiger partial charge in [-0.3, -0.25) is 18.6 Å². The molecule has 0 unspecified atom stereocenters. The first-order chi connectivity index (χ1) is 14.5. The van der Waals surface area contributed by atoms with Crippen molar-refractivity contribution in [2.24, 2.45) is 0 Å². The Morgan fingerprint density at radius 1 is 1.23 bits per heavy atom. The summed E-state index contributed by atoms with van der Waals surface area (Å²) in [6.07, 6.45) is 0.743. The van der Waals surface area contributed by atoms with Crippen LogP contribution in [0.1, 0.15) is 13.3 Å². The zero-order valence-corrected chi connectivity index (χ0v) is 17.5. The van der Waals surface area contributed by atoms with Crippen molar-refractivity contribution in [1.82, 2.24) is 19.2 Å². The predicted octanol–water partition coefficient (Wildman–Crippen LogP) is 3.98. The molecule has 2 aromatic heterocycles. The van der Waals surface area contributed by atoms with Crippen molar-refractivity contribution < 1.29 is 9.18 Å². The number of aryl methyl sites for hydroxylation is 1. The van der Waals surface area contributed by atoms with Crippen LogP contribution in [-0.4, -0.2) is 30.8 Å². The van der Waals surface area contributed by atoms with Crippen molar-refractivity contribution in [2.75, 3.05) is 11.1 Å². The lowest BCUT2D eigenvalue weighted by Crippen LogP contribution is -2.23. The van der Waals surface area contributed by atoms with Crippen LogP contribution < -0.4 is 10.9 Å². The smallest absolute Gasteiger partial charge is 0.262 e. The summed E-state index contributed by atoms with van der Waals surface area (Å²) in [4.78, 5) is 25.2. The van der Waals surface area contributed by atoms with Gasteiger partial charge in [0.05, 0.1) is 16.7 Å². The molecule has 30 heavy (non-hydrogen) atoms. The number of rotatable bonds is 6. The fourth-order valence-electron chi connectivity index (χ4n) is 3.17. The maximum Gasteiger partial charge on any atom is 0.262 e. The van der Waals surface area contributed by atoms with Crippen LogP contribution in [0.15, 0.2) is 52.4 Å². The van der Waals surface area contributed by atoms with Gasteiger partial charge in [-0.25, -0.2) is 4.39 Å². The Labute approximate surface area is 179 Å². The van der Waals surface area contributed by atoms with Gasteiger partial charge in [0, 0.05) is 17.3 Å². The molecule has 4 rings (SSSR count). The number of hydrogen-bond donors (Lipinski definition) is 1. The lowest BCUT2D eigenvalue weighted by Gasteiger charge is -2.10. The number of carbonyl (C=O) groups excluding carboxylic acids is 1. The molecule has 0 aliphatic heterocycles. The highest BCUT2D eigenvalue weighted by Gasteiger charge is 2.18. The van der Waals surface area contributed by atoms with E-state index in [2.05, 4.69) is 15.5 Å². The Hall–Kier alpha value is -2.91. The highest BCUT2D eigenvalue weighted by atomic mass is 35.5. The molecule has 0 saturated carbocycles. The minimum Gasteiger partial charge on any atom is -0.325 e. The number of anilines is 1. The van der Waals surface area contributed by atoms with E-state index in [1.807, 2.05) is 6.92 Å². The molecule has 4 aromatic rings. The van der Waals surface area contributed by atoms with Crippen molar-refractivity contribution in [3.05, 3.63) is 63.7 Å². The van der Waals surface area contributed by atoms with E-state index in [9.17, 15) is 14.0 Å². The Kier molecular flexibility index (Phi) is 5.74. The first-order valence-electron chi connectivity index (χ1n) is 9.23. The number of benzene rings is 2. The second-order valence-corrected chi connectivity index (χ2v) is 7.96. The molecular weight excluding hydrogens is 429 g/mol. The highest BCUT2D eigenvalue weighted by molar-refractivity contribution is 7.99. The number of aromatic nitrogens is 4. The molecule has 2 heterocycles. The van der Waals surface area contributed by atoms with Gasteiger partial charge >= 0.3 is 0 Å². The molecule has 7 nitrogen and oxygen atoms in total. The van der Waals surface area contributed by atoms with E-state index in [1.54, 1.807) is 33.2 Å². The lowest BCUT2D eigenvalue weighted by atomic mass is 10.2. The number of fused-ring (bicyclic) bond motifs is 3. The third-order valence-electron chi connectivity index (χ3n) is 4.42. The van der Waals surface area contributed by atoms with Gasteiger partial charge in [-0.1, -0.05) is 36.4 Å². The van der Waals surface area contributed by atoms with E-state index < -0.39 is 5.82 Å². The van der Waals surface area contributed by atoms with E-state index in [-0.39, 0.29) is 17.2 Å². The number of carbonyl (C=O) groups is 1. The van der Waals surface area contributed by atoms with Gasteiger partial charge in [0.1, 0.15) is 5.82 Å². The van der Waals surface area contributed by atoms with E-state index in [1.165, 1.54) is 30.0 Å². The van der Waals surface area contributed by atoms with Crippen LogP contribution >= 0.6 is 23.4 Å². The molecule has 0 radical (unpaired) electrons. The Balaban J connectivity index is 1.69. The minimum atomic E-state index is -0.428. The summed E-state index contributed by atoms with van der Waals surface area (Å²) in [5, 5.41) is 12.4. The first kappa shape index (κ1) is 20.4. The molecule has 154 valence electrons. The normalized spacial score (nSPS) is 11.3. The molecular formula is C20H17ClFN5O2S. The average molecular weight is 446 g/mol. The predicted molar refractivity (Wildman–Crippen MR) is 116 cm³/mol. The van der Waals surface area contributed by atoms with Gasteiger partial charge < -0.3 is 5.32 Å². The quantitative estimate of drug-likeness (QED) is 0.454. The van der Waals surface area contributed by atoms with Crippen LogP contribution in [0.25, 0.3) is 16.7 Å². The van der Waals surface area contributed by atoms with Gasteiger partial charge in [-0.2, -0.15) is 0 Å². The molecule has 0 bridgehead atoms. The monoisotopic (exact) mass is 445 g/mol. The summed E-state index contributed by atoms with van der Waals surface area (Å²) in [7, 11) is 0. The molecule has 0 aliphatic rings. The van der Waals surface area contributed by atoms with Gasteiger partial charge in [-0.05, 0) is 42.8 Å². The molecule has 1 amide bonds. The van der Waals surface area contributed by atoms with Crippen LogP contribution in [0.2, 0.25) is 5.02 Å². The zero-order valence-electron chi connectivity index (χ0n) is 15.9. The number of halogens is 2. The fourth-order valence-corrected chi connectivity index (χ4v) is 4.08. The van der Waals surface area contributed by atoms with Gasteiger partial charge in [-0.15, -0.1) is 10.2 Å². The van der Waals surface area contributed by atoms with Crippen molar-refractivity contribution in [3.8, 4) is 0 Å². The molecule has 0 aliphatic carbocycles. The average Bonchev–Trinajstić information content (AvgIpc) is 3.13. The van der Waals surface area contributed by atoms with E-state index >= 15 is 0 Å². The number of hydrogen-bond acceptors (Lipinski definition) is 5. The number of nitrogens with one attached hydrogen (secondary N) is 1. The second kappa shape index (κ2) is 8.45. The van der Waals surface area contributed by atoms with E-state index in [0.29, 0.717) is 39.1 Å². The number of amides is 1. The largest absolute Gasteiger partial charge is 0.325 e. The Bertz CT molecular complexity index is 1320. The molecule has 0 atom stereocenters. The van der Waals surface area contributed by atoms with Gasteiger partial charge in [0.25, 0.3) is 5.56 Å². The molecule has 0 spiro atoms.